The Morgan fingerprint density at radius 2 is 1.60 bits per heavy atom. The van der Waals surface area contributed by atoms with E-state index in [2.05, 4.69) is 60.4 Å². The van der Waals surface area contributed by atoms with Crippen LogP contribution in [0.3, 0.4) is 0 Å². The molecule has 1 atom stereocenters. The summed E-state index contributed by atoms with van der Waals surface area (Å²) in [5.41, 5.74) is 4.67. The maximum atomic E-state index is 6.31. The van der Waals surface area contributed by atoms with Gasteiger partial charge in [0.15, 0.2) is 0 Å². The molecule has 4 rings (SSSR count). The van der Waals surface area contributed by atoms with E-state index in [1.807, 2.05) is 30.3 Å². The van der Waals surface area contributed by atoms with Crippen LogP contribution in [0.1, 0.15) is 29.7 Å². The van der Waals surface area contributed by atoms with Crippen LogP contribution in [0.4, 0.5) is 5.69 Å². The number of hydrogen-bond donors (Lipinski definition) is 0. The summed E-state index contributed by atoms with van der Waals surface area (Å²) in [5, 5.41) is 0.745. The van der Waals surface area contributed by atoms with Gasteiger partial charge in [0.25, 0.3) is 0 Å². The Kier molecular flexibility index (Phi) is 4.29. The number of halogens is 1. The molecule has 0 saturated carbocycles. The molecule has 0 bridgehead atoms. The van der Waals surface area contributed by atoms with Crippen molar-refractivity contribution in [2.45, 2.75) is 19.5 Å². The Labute approximate surface area is 153 Å². The lowest BCUT2D eigenvalue weighted by atomic mass is 9.93. The van der Waals surface area contributed by atoms with E-state index in [9.17, 15) is 0 Å². The maximum Gasteiger partial charge on any atom is 0.103 e. The van der Waals surface area contributed by atoms with Crippen LogP contribution in [0.5, 0.6) is 0 Å². The van der Waals surface area contributed by atoms with Crippen LogP contribution >= 0.6 is 11.6 Å². The fourth-order valence-electron chi connectivity index (χ4n) is 3.42. The third-order valence-corrected chi connectivity index (χ3v) is 4.84. The largest absolute Gasteiger partial charge is 0.345 e. The van der Waals surface area contributed by atoms with Gasteiger partial charge in [-0.05, 0) is 36.2 Å². The number of aliphatic imine (C=N–C) groups is 1. The summed E-state index contributed by atoms with van der Waals surface area (Å²) in [7, 11) is 0. The summed E-state index contributed by atoms with van der Waals surface area (Å²) in [6, 6.07) is 27.1. The van der Waals surface area contributed by atoms with E-state index in [0.29, 0.717) is 0 Å². The molecule has 0 aliphatic carbocycles. The molecule has 124 valence electrons. The van der Waals surface area contributed by atoms with Gasteiger partial charge in [0, 0.05) is 17.1 Å². The third kappa shape index (κ3) is 3.18. The number of nitrogens with zero attached hydrogens (tertiary/aromatic N) is 2. The zero-order valence-corrected chi connectivity index (χ0v) is 14.8. The maximum absolute atomic E-state index is 6.31. The average molecular weight is 347 g/mol. The molecule has 0 radical (unpaired) electrons. The van der Waals surface area contributed by atoms with Gasteiger partial charge in [-0.1, -0.05) is 72.3 Å². The minimum Gasteiger partial charge on any atom is -0.345 e. The SMILES string of the molecule is CC1=Nc2ccc(Cl)cc2[C@H](c2ccccc2)N1Cc1ccccc1. The number of hydrogen-bond acceptors (Lipinski definition) is 2. The van der Waals surface area contributed by atoms with Crippen molar-refractivity contribution in [3.05, 3.63) is 101 Å². The lowest BCUT2D eigenvalue weighted by molar-refractivity contribution is 0.342. The highest BCUT2D eigenvalue weighted by Gasteiger charge is 2.29. The van der Waals surface area contributed by atoms with Crippen molar-refractivity contribution in [1.82, 2.24) is 4.90 Å². The first-order valence-corrected chi connectivity index (χ1v) is 8.80. The second-order valence-electron chi connectivity index (χ2n) is 6.29. The van der Waals surface area contributed by atoms with Crippen molar-refractivity contribution in [2.75, 3.05) is 0 Å². The zero-order chi connectivity index (χ0) is 17.2. The highest BCUT2D eigenvalue weighted by Crippen LogP contribution is 2.41. The van der Waals surface area contributed by atoms with Crippen LogP contribution in [-0.2, 0) is 6.54 Å². The highest BCUT2D eigenvalue weighted by molar-refractivity contribution is 6.30. The molecule has 1 aliphatic rings. The number of rotatable bonds is 3. The van der Waals surface area contributed by atoms with Crippen molar-refractivity contribution in [3.8, 4) is 0 Å². The van der Waals surface area contributed by atoms with Crippen LogP contribution in [-0.4, -0.2) is 10.7 Å². The normalized spacial score (nSPS) is 16.3. The molecule has 3 aromatic rings. The molecular formula is C22H19ClN2. The first kappa shape index (κ1) is 15.9. The summed E-state index contributed by atoms with van der Waals surface area (Å²) in [6.45, 7) is 2.89. The van der Waals surface area contributed by atoms with E-state index in [4.69, 9.17) is 16.6 Å². The molecule has 3 heteroatoms. The Morgan fingerprint density at radius 3 is 2.32 bits per heavy atom. The van der Waals surface area contributed by atoms with E-state index in [-0.39, 0.29) is 6.04 Å². The standard InChI is InChI=1S/C22H19ClN2/c1-16-24-21-13-12-19(23)14-20(21)22(18-10-6-3-7-11-18)25(16)15-17-8-4-2-5-9-17/h2-14,22H,15H2,1H3/t22-/m0/s1. The fourth-order valence-corrected chi connectivity index (χ4v) is 3.60. The predicted octanol–water partition coefficient (Wildman–Crippen LogP) is 6.00. The molecule has 25 heavy (non-hydrogen) atoms. The second-order valence-corrected chi connectivity index (χ2v) is 6.73. The van der Waals surface area contributed by atoms with Crippen LogP contribution in [0.2, 0.25) is 5.02 Å². The summed E-state index contributed by atoms with van der Waals surface area (Å²) >= 11 is 6.31. The summed E-state index contributed by atoms with van der Waals surface area (Å²) in [4.78, 5) is 7.17. The Bertz CT molecular complexity index is 904. The van der Waals surface area contributed by atoms with Gasteiger partial charge in [0.2, 0.25) is 0 Å². The molecular weight excluding hydrogens is 328 g/mol. The molecule has 0 N–H and O–H groups in total. The fraction of sp³-hybridized carbons (Fsp3) is 0.136. The molecule has 0 saturated heterocycles. The van der Waals surface area contributed by atoms with E-state index in [0.717, 1.165) is 28.7 Å². The first-order valence-electron chi connectivity index (χ1n) is 8.42. The molecule has 1 aliphatic heterocycles. The van der Waals surface area contributed by atoms with Gasteiger partial charge in [0.05, 0.1) is 11.7 Å². The van der Waals surface area contributed by atoms with E-state index in [1.165, 1.54) is 11.1 Å². The molecule has 0 amide bonds. The summed E-state index contributed by atoms with van der Waals surface area (Å²) in [5.74, 6) is 1.02. The summed E-state index contributed by atoms with van der Waals surface area (Å²) < 4.78 is 0. The van der Waals surface area contributed by atoms with Gasteiger partial charge >= 0.3 is 0 Å². The lowest BCUT2D eigenvalue weighted by Crippen LogP contribution is -2.35. The van der Waals surface area contributed by atoms with Crippen LogP contribution in [0, 0.1) is 0 Å². The topological polar surface area (TPSA) is 15.6 Å². The van der Waals surface area contributed by atoms with Gasteiger partial charge in [-0.3, -0.25) is 0 Å². The molecule has 1 heterocycles. The number of fused-ring (bicyclic) bond motifs is 1. The average Bonchev–Trinajstić information content (AvgIpc) is 2.64. The van der Waals surface area contributed by atoms with E-state index in [1.54, 1.807) is 0 Å². The third-order valence-electron chi connectivity index (χ3n) is 4.60. The first-order chi connectivity index (χ1) is 12.2. The predicted molar refractivity (Wildman–Crippen MR) is 104 cm³/mol. The van der Waals surface area contributed by atoms with E-state index >= 15 is 0 Å². The van der Waals surface area contributed by atoms with Crippen LogP contribution < -0.4 is 0 Å². The molecule has 0 fully saturated rings. The molecule has 0 spiro atoms. The summed E-state index contributed by atoms with van der Waals surface area (Å²) in [6.07, 6.45) is 0. The van der Waals surface area contributed by atoms with Crippen molar-refractivity contribution >= 4 is 23.1 Å². The van der Waals surface area contributed by atoms with Gasteiger partial charge < -0.3 is 4.90 Å². The molecule has 2 nitrogen and oxygen atoms in total. The second kappa shape index (κ2) is 6.73. The van der Waals surface area contributed by atoms with Crippen LogP contribution in [0.25, 0.3) is 0 Å². The van der Waals surface area contributed by atoms with Crippen molar-refractivity contribution in [3.63, 3.8) is 0 Å². The number of benzene rings is 3. The lowest BCUT2D eigenvalue weighted by Gasteiger charge is -2.38. The smallest absolute Gasteiger partial charge is 0.103 e. The Hall–Kier alpha value is -2.58. The van der Waals surface area contributed by atoms with Gasteiger partial charge in [0.1, 0.15) is 5.84 Å². The monoisotopic (exact) mass is 346 g/mol. The minimum absolute atomic E-state index is 0.104. The molecule has 0 unspecified atom stereocenters. The zero-order valence-electron chi connectivity index (χ0n) is 14.1. The molecule has 3 aromatic carbocycles. The van der Waals surface area contributed by atoms with Gasteiger partial charge in [-0.15, -0.1) is 0 Å². The number of amidine groups is 1. The van der Waals surface area contributed by atoms with Gasteiger partial charge in [-0.25, -0.2) is 4.99 Å². The minimum atomic E-state index is 0.104. The van der Waals surface area contributed by atoms with Crippen molar-refractivity contribution in [1.29, 1.82) is 0 Å². The Balaban J connectivity index is 1.84. The Morgan fingerprint density at radius 1 is 0.920 bits per heavy atom. The molecule has 0 aromatic heterocycles. The van der Waals surface area contributed by atoms with Gasteiger partial charge in [-0.2, -0.15) is 0 Å². The van der Waals surface area contributed by atoms with Crippen LogP contribution in [0.15, 0.2) is 83.9 Å². The van der Waals surface area contributed by atoms with E-state index < -0.39 is 0 Å². The van der Waals surface area contributed by atoms with Crippen molar-refractivity contribution < 1.29 is 0 Å². The highest BCUT2D eigenvalue weighted by atomic mass is 35.5. The van der Waals surface area contributed by atoms with Crippen molar-refractivity contribution in [2.24, 2.45) is 4.99 Å². The quantitative estimate of drug-likeness (QED) is 0.568.